The van der Waals surface area contributed by atoms with Crippen molar-refractivity contribution in [1.82, 2.24) is 0 Å². The van der Waals surface area contributed by atoms with Gasteiger partial charge in [-0.15, -0.1) is 0 Å². The molecule has 2 aromatic rings. The van der Waals surface area contributed by atoms with E-state index in [1.165, 1.54) is 19.2 Å². The summed E-state index contributed by atoms with van der Waals surface area (Å²) in [6, 6.07) is 10.3. The third-order valence-corrected chi connectivity index (χ3v) is 2.54. The zero-order valence-corrected chi connectivity index (χ0v) is 10.2. The van der Waals surface area contributed by atoms with Gasteiger partial charge in [0, 0.05) is 13.2 Å². The van der Waals surface area contributed by atoms with E-state index in [1.807, 2.05) is 0 Å². The van der Waals surface area contributed by atoms with Crippen LogP contribution in [0.5, 0.6) is 17.2 Å². The molecule has 0 spiro atoms. The average Bonchev–Trinajstić information content (AvgIpc) is 2.43. The Hall–Kier alpha value is -2.05. The van der Waals surface area contributed by atoms with E-state index in [9.17, 15) is 9.41 Å². The van der Waals surface area contributed by atoms with Crippen LogP contribution < -0.4 is 10.2 Å². The van der Waals surface area contributed by atoms with Gasteiger partial charge in [-0.2, -0.15) is 0 Å². The lowest BCUT2D eigenvalue weighted by atomic mass is 9.80. The maximum absolute atomic E-state index is 13.1. The van der Waals surface area contributed by atoms with E-state index in [4.69, 9.17) is 14.5 Å². The van der Waals surface area contributed by atoms with E-state index in [0.29, 0.717) is 11.2 Å². The molecule has 6 heteroatoms. The zero-order chi connectivity index (χ0) is 13.8. The zero-order valence-electron chi connectivity index (χ0n) is 10.2. The predicted octanol–water partition coefficient (Wildman–Crippen LogP) is 1.66. The number of halogens is 1. The van der Waals surface area contributed by atoms with Crippen molar-refractivity contribution in [3.05, 3.63) is 48.3 Å². The molecule has 4 nitrogen and oxygen atoms in total. The highest BCUT2D eigenvalue weighted by Gasteiger charge is 2.13. The summed E-state index contributed by atoms with van der Waals surface area (Å²) in [6.07, 6.45) is 0. The maximum atomic E-state index is 13.1. The van der Waals surface area contributed by atoms with Crippen molar-refractivity contribution in [3.63, 3.8) is 0 Å². The molecule has 19 heavy (non-hydrogen) atoms. The van der Waals surface area contributed by atoms with Crippen LogP contribution in [-0.4, -0.2) is 24.4 Å². The van der Waals surface area contributed by atoms with Crippen molar-refractivity contribution >= 4 is 12.6 Å². The molecule has 0 radical (unpaired) electrons. The summed E-state index contributed by atoms with van der Waals surface area (Å²) in [5, 5.41) is 18.5. The van der Waals surface area contributed by atoms with Gasteiger partial charge in [-0.05, 0) is 29.7 Å². The maximum Gasteiger partial charge on any atom is 0.490 e. The number of aromatic hydroxyl groups is 1. The number of benzene rings is 2. The molecule has 2 aromatic carbocycles. The van der Waals surface area contributed by atoms with Crippen LogP contribution in [0, 0.1) is 5.82 Å². The van der Waals surface area contributed by atoms with Crippen molar-refractivity contribution in [1.29, 1.82) is 0 Å². The molecule has 0 saturated carbocycles. The summed E-state index contributed by atoms with van der Waals surface area (Å²) in [6.45, 7) is 0. The summed E-state index contributed by atoms with van der Waals surface area (Å²) in [5.74, 6) is -0.415. The first-order valence-electron chi connectivity index (χ1n) is 5.57. The molecule has 0 fully saturated rings. The fourth-order valence-corrected chi connectivity index (χ4v) is 1.52. The van der Waals surface area contributed by atoms with Gasteiger partial charge in [0.1, 0.15) is 11.5 Å². The van der Waals surface area contributed by atoms with Crippen molar-refractivity contribution in [2.75, 3.05) is 7.11 Å². The molecule has 0 heterocycles. The topological polar surface area (TPSA) is 58.9 Å². The van der Waals surface area contributed by atoms with Crippen molar-refractivity contribution in [2.45, 2.75) is 0 Å². The van der Waals surface area contributed by atoms with Crippen LogP contribution in [0.2, 0.25) is 0 Å². The van der Waals surface area contributed by atoms with E-state index in [1.54, 1.807) is 24.3 Å². The van der Waals surface area contributed by atoms with Gasteiger partial charge in [-0.1, -0.05) is 12.1 Å². The van der Waals surface area contributed by atoms with Gasteiger partial charge in [-0.3, -0.25) is 0 Å². The lowest BCUT2D eigenvalue weighted by molar-refractivity contribution is 0.341. The first-order valence-corrected chi connectivity index (χ1v) is 5.57. The van der Waals surface area contributed by atoms with Gasteiger partial charge in [0.15, 0.2) is 11.6 Å². The smallest absolute Gasteiger partial charge is 0.490 e. The minimum Gasteiger partial charge on any atom is -0.505 e. The number of phenolic OH excluding ortho intramolecular Hbond substituents is 1. The number of phenols is 1. The highest BCUT2D eigenvalue weighted by atomic mass is 19.1. The van der Waals surface area contributed by atoms with Crippen molar-refractivity contribution in [2.24, 2.45) is 0 Å². The fourth-order valence-electron chi connectivity index (χ4n) is 1.52. The van der Waals surface area contributed by atoms with E-state index in [2.05, 4.69) is 0 Å². The Morgan fingerprint density at radius 2 is 1.68 bits per heavy atom. The summed E-state index contributed by atoms with van der Waals surface area (Å²) < 4.78 is 23.3. The molecule has 2 N–H and O–H groups in total. The van der Waals surface area contributed by atoms with Gasteiger partial charge in [0.2, 0.25) is 0 Å². The third kappa shape index (κ3) is 3.24. The quantitative estimate of drug-likeness (QED) is 0.822. The normalized spacial score (nSPS) is 10.3. The monoisotopic (exact) mass is 262 g/mol. The molecule has 98 valence electrons. The molecule has 0 bridgehead atoms. The lowest BCUT2D eigenvalue weighted by Gasteiger charge is -2.08. The van der Waals surface area contributed by atoms with Crippen LogP contribution in [0.3, 0.4) is 0 Å². The fraction of sp³-hybridized carbons (Fsp3) is 0.0769. The molecule has 0 aliphatic rings. The molecule has 0 aliphatic carbocycles. The number of ether oxygens (including phenoxy) is 1. The highest BCUT2D eigenvalue weighted by molar-refractivity contribution is 6.59. The minimum atomic E-state index is -0.986. The Morgan fingerprint density at radius 1 is 1.05 bits per heavy atom. The first-order chi connectivity index (χ1) is 9.10. The Bertz CT molecular complexity index is 559. The minimum absolute atomic E-state index is 0.273. The summed E-state index contributed by atoms with van der Waals surface area (Å²) >= 11 is 0. The molecular formula is C13H12BFO4. The van der Waals surface area contributed by atoms with Crippen LogP contribution in [0.25, 0.3) is 0 Å². The van der Waals surface area contributed by atoms with E-state index < -0.39 is 18.7 Å². The lowest BCUT2D eigenvalue weighted by Crippen LogP contribution is -2.31. The van der Waals surface area contributed by atoms with Crippen molar-refractivity contribution in [3.8, 4) is 17.2 Å². The molecule has 0 unspecified atom stereocenters. The van der Waals surface area contributed by atoms with Gasteiger partial charge < -0.3 is 19.5 Å². The largest absolute Gasteiger partial charge is 0.505 e. The molecule has 0 aliphatic heterocycles. The Morgan fingerprint density at radius 3 is 2.26 bits per heavy atom. The van der Waals surface area contributed by atoms with Crippen LogP contribution in [0.1, 0.15) is 0 Å². The number of rotatable bonds is 4. The standard InChI is InChI=1S/C13H12BFO4/c1-18-14(17)9-2-4-10(5-3-9)19-11-6-7-13(16)12(15)8-11/h2-8,16-17H,1H3. The number of hydrogen-bond donors (Lipinski definition) is 2. The average molecular weight is 262 g/mol. The highest BCUT2D eigenvalue weighted by Crippen LogP contribution is 2.25. The van der Waals surface area contributed by atoms with Crippen molar-refractivity contribution < 1.29 is 23.9 Å². The van der Waals surface area contributed by atoms with Gasteiger partial charge in [0.05, 0.1) is 0 Å². The van der Waals surface area contributed by atoms with E-state index in [0.717, 1.165) is 6.07 Å². The Labute approximate surface area is 110 Å². The molecule has 0 saturated heterocycles. The Kier molecular flexibility index (Phi) is 4.04. The van der Waals surface area contributed by atoms with E-state index in [-0.39, 0.29) is 5.75 Å². The van der Waals surface area contributed by atoms with E-state index >= 15 is 0 Å². The summed E-state index contributed by atoms with van der Waals surface area (Å²) in [5.41, 5.74) is 0.590. The second-order valence-corrected chi connectivity index (χ2v) is 3.87. The van der Waals surface area contributed by atoms with Gasteiger partial charge >= 0.3 is 7.12 Å². The third-order valence-electron chi connectivity index (χ3n) is 2.54. The van der Waals surface area contributed by atoms with Crippen LogP contribution in [0.4, 0.5) is 4.39 Å². The van der Waals surface area contributed by atoms with Crippen LogP contribution in [-0.2, 0) is 4.65 Å². The Balaban J connectivity index is 2.12. The van der Waals surface area contributed by atoms with Crippen LogP contribution >= 0.6 is 0 Å². The van der Waals surface area contributed by atoms with Gasteiger partial charge in [-0.25, -0.2) is 4.39 Å². The summed E-state index contributed by atoms with van der Waals surface area (Å²) in [4.78, 5) is 0. The SMILES string of the molecule is COB(O)c1ccc(Oc2ccc(O)c(F)c2)cc1. The molecule has 2 rings (SSSR count). The summed E-state index contributed by atoms with van der Waals surface area (Å²) in [7, 11) is 0.411. The molecule has 0 aromatic heterocycles. The van der Waals surface area contributed by atoms with Gasteiger partial charge in [0.25, 0.3) is 0 Å². The number of hydrogen-bond acceptors (Lipinski definition) is 4. The molecule has 0 atom stereocenters. The second kappa shape index (κ2) is 5.73. The first kappa shape index (κ1) is 13.4. The van der Waals surface area contributed by atoms with Crippen LogP contribution in [0.15, 0.2) is 42.5 Å². The second-order valence-electron chi connectivity index (χ2n) is 3.87. The molecular weight excluding hydrogens is 250 g/mol. The molecule has 0 amide bonds. The predicted molar refractivity (Wildman–Crippen MR) is 69.2 cm³/mol.